The Balaban J connectivity index is 3.47. The van der Waals surface area contributed by atoms with Crippen LogP contribution in [0.3, 0.4) is 0 Å². The Bertz CT molecular complexity index is 2410. The van der Waals surface area contributed by atoms with Gasteiger partial charge in [0.1, 0.15) is 54.4 Å². The molecule has 20 N–H and O–H groups in total. The zero-order valence-electron chi connectivity index (χ0n) is 47.6. The van der Waals surface area contributed by atoms with E-state index in [0.717, 1.165) is 0 Å². The van der Waals surface area contributed by atoms with Crippen LogP contribution in [0.2, 0.25) is 0 Å². The molecule has 0 aliphatic carbocycles. The molecule has 1 aromatic rings. The lowest BCUT2D eigenvalue weighted by Gasteiger charge is -2.28. The fourth-order valence-electron chi connectivity index (χ4n) is 7.78. The minimum absolute atomic E-state index is 0.0386. The van der Waals surface area contributed by atoms with Gasteiger partial charge in [0.2, 0.25) is 70.9 Å². The SMILES string of the molecule is CC[C@H](C)[C@H](NC(=O)CNC(=O)[C@H](C)N)C(=O)N[C@@H](C)C(=O)N[C@@H](CC(C)C)C(=O)N[C@@H](CC(N)=O)C(=O)N[C@@H](CC(=O)O)C(=O)N[C@@H](CC(N)=O)C(=O)N[C@@H](Cc1ccccc1)C(=O)N[C@H](C(=O)N[C@@H](CCCCN)C(=O)O)C(C)C. The van der Waals surface area contributed by atoms with Gasteiger partial charge in [-0.1, -0.05) is 78.3 Å². The fourth-order valence-corrected chi connectivity index (χ4v) is 7.78. The van der Waals surface area contributed by atoms with Crippen LogP contribution in [0.5, 0.6) is 0 Å². The summed E-state index contributed by atoms with van der Waals surface area (Å²) >= 11 is 0. The normalized spacial score (nSPS) is 15.1. The van der Waals surface area contributed by atoms with E-state index in [9.17, 15) is 77.3 Å². The molecular formula is C52H84N14O16. The van der Waals surface area contributed by atoms with E-state index in [0.29, 0.717) is 24.8 Å². The zero-order chi connectivity index (χ0) is 62.6. The van der Waals surface area contributed by atoms with E-state index in [1.165, 1.54) is 13.8 Å². The van der Waals surface area contributed by atoms with Gasteiger partial charge < -0.3 is 86.3 Å². The first-order chi connectivity index (χ1) is 38.3. The van der Waals surface area contributed by atoms with E-state index < -0.39 is 181 Å². The number of amides is 12. The Kier molecular flexibility index (Phi) is 31.6. The van der Waals surface area contributed by atoms with Crippen LogP contribution in [0.1, 0.15) is 112 Å². The summed E-state index contributed by atoms with van der Waals surface area (Å²) in [5, 5.41) is 43.3. The summed E-state index contributed by atoms with van der Waals surface area (Å²) < 4.78 is 0. The van der Waals surface area contributed by atoms with Crippen LogP contribution < -0.4 is 76.1 Å². The molecular weight excluding hydrogens is 1080 g/mol. The van der Waals surface area contributed by atoms with E-state index in [1.807, 2.05) is 0 Å². The minimum Gasteiger partial charge on any atom is -0.481 e. The van der Waals surface area contributed by atoms with Crippen molar-refractivity contribution in [1.82, 2.24) is 53.2 Å². The van der Waals surface area contributed by atoms with Crippen LogP contribution in [-0.2, 0) is 73.5 Å². The van der Waals surface area contributed by atoms with Crippen molar-refractivity contribution in [2.75, 3.05) is 13.1 Å². The molecule has 30 nitrogen and oxygen atoms in total. The number of aliphatic carboxylic acids is 2. The molecule has 1 aromatic carbocycles. The van der Waals surface area contributed by atoms with Crippen LogP contribution in [0, 0.1) is 17.8 Å². The average molecular weight is 1160 g/mol. The maximum Gasteiger partial charge on any atom is 0.326 e. The summed E-state index contributed by atoms with van der Waals surface area (Å²) in [5.41, 5.74) is 22.4. The molecule has 458 valence electrons. The number of carboxylic acids is 2. The molecule has 11 atom stereocenters. The van der Waals surface area contributed by atoms with Crippen LogP contribution in [0.25, 0.3) is 0 Å². The Morgan fingerprint density at radius 1 is 0.512 bits per heavy atom. The van der Waals surface area contributed by atoms with Gasteiger partial charge in [-0.05, 0) is 69.4 Å². The molecule has 0 saturated carbocycles. The highest BCUT2D eigenvalue weighted by atomic mass is 16.4. The molecule has 0 saturated heterocycles. The maximum atomic E-state index is 14.1. The van der Waals surface area contributed by atoms with E-state index >= 15 is 0 Å². The topological polar surface area (TPSA) is 504 Å². The lowest BCUT2D eigenvalue weighted by Crippen LogP contribution is -2.61. The Morgan fingerprint density at radius 2 is 0.976 bits per heavy atom. The molecule has 0 spiro atoms. The van der Waals surface area contributed by atoms with Gasteiger partial charge in [0.05, 0.1) is 31.8 Å². The maximum absolute atomic E-state index is 14.1. The molecule has 1 rings (SSSR count). The highest BCUT2D eigenvalue weighted by Gasteiger charge is 2.37. The second kappa shape index (κ2) is 36.2. The quantitative estimate of drug-likeness (QED) is 0.0277. The van der Waals surface area contributed by atoms with Crippen LogP contribution in [-0.4, -0.2) is 167 Å². The van der Waals surface area contributed by atoms with Crippen LogP contribution in [0.15, 0.2) is 30.3 Å². The monoisotopic (exact) mass is 1160 g/mol. The van der Waals surface area contributed by atoms with Gasteiger partial charge in [-0.15, -0.1) is 0 Å². The van der Waals surface area contributed by atoms with Gasteiger partial charge in [0.15, 0.2) is 0 Å². The van der Waals surface area contributed by atoms with Gasteiger partial charge in [-0.25, -0.2) is 4.79 Å². The predicted molar refractivity (Wildman–Crippen MR) is 294 cm³/mol. The minimum atomic E-state index is -2.12. The second-order valence-corrected chi connectivity index (χ2v) is 20.6. The number of rotatable bonds is 38. The standard InChI is InChI=1S/C52H84N14O16/c1-9-27(6)42(65-39(69)24-57-43(72)28(7)54)51(80)58-29(8)44(73)60-32(19-25(2)3)45(74)62-35(22-38(56)68)47(76)64-36(23-40(70)71)48(77)63-34(21-37(55)67)46(75)61-33(20-30-15-11-10-12-16-30)49(78)66-41(26(4)5)50(79)59-31(52(81)82)17-13-14-18-53/h10-12,15-16,25-29,31-36,41-42H,9,13-14,17-24,53-54H2,1-8H3,(H2,55,67)(H2,56,68)(H,57,72)(H,58,80)(H,59,79)(H,60,73)(H,61,75)(H,62,74)(H,63,77)(H,64,76)(H,65,69)(H,66,78)(H,70,71)(H,81,82)/t27-,28-,29-,31-,32-,33-,34-,35-,36-,41-,42-/m0/s1. The number of unbranched alkanes of at least 4 members (excludes halogenated alkanes) is 1. The molecule has 30 heteroatoms. The third kappa shape index (κ3) is 26.8. The molecule has 12 amide bonds. The molecule has 0 aliphatic rings. The van der Waals surface area contributed by atoms with Crippen molar-refractivity contribution in [2.45, 2.75) is 174 Å². The second-order valence-electron chi connectivity index (χ2n) is 20.6. The predicted octanol–water partition coefficient (Wildman–Crippen LogP) is -4.74. The van der Waals surface area contributed by atoms with Crippen molar-refractivity contribution >= 4 is 82.8 Å². The fraction of sp³-hybridized carbons (Fsp3) is 0.615. The van der Waals surface area contributed by atoms with E-state index in [2.05, 4.69) is 53.2 Å². The number of carbonyl (C=O) groups is 14. The number of hydrogen-bond donors (Lipinski definition) is 16. The molecule has 0 radical (unpaired) electrons. The first-order valence-electron chi connectivity index (χ1n) is 26.8. The number of nitrogens with two attached hydrogens (primary N) is 4. The van der Waals surface area contributed by atoms with Crippen molar-refractivity contribution < 1.29 is 77.3 Å². The van der Waals surface area contributed by atoms with Gasteiger partial charge in [0.25, 0.3) is 0 Å². The molecule has 82 heavy (non-hydrogen) atoms. The van der Waals surface area contributed by atoms with E-state index in [-0.39, 0.29) is 31.7 Å². The summed E-state index contributed by atoms with van der Waals surface area (Å²) in [6.45, 7) is 12.4. The molecule has 0 heterocycles. The van der Waals surface area contributed by atoms with Crippen LogP contribution >= 0.6 is 0 Å². The third-order valence-electron chi connectivity index (χ3n) is 12.6. The summed E-state index contributed by atoms with van der Waals surface area (Å²) in [4.78, 5) is 184. The number of carbonyl (C=O) groups excluding carboxylic acids is 12. The molecule has 0 fully saturated rings. The number of hydrogen-bond acceptors (Lipinski definition) is 16. The van der Waals surface area contributed by atoms with Crippen molar-refractivity contribution in [3.8, 4) is 0 Å². The lowest BCUT2D eigenvalue weighted by atomic mass is 9.97. The van der Waals surface area contributed by atoms with Gasteiger partial charge >= 0.3 is 11.9 Å². The zero-order valence-corrected chi connectivity index (χ0v) is 47.6. The van der Waals surface area contributed by atoms with Gasteiger partial charge in [-0.3, -0.25) is 62.3 Å². The number of carboxylic acid groups (broad SMARTS) is 2. The summed E-state index contributed by atoms with van der Waals surface area (Å²) in [7, 11) is 0. The van der Waals surface area contributed by atoms with Crippen molar-refractivity contribution in [3.63, 3.8) is 0 Å². The highest BCUT2D eigenvalue weighted by Crippen LogP contribution is 2.13. The van der Waals surface area contributed by atoms with E-state index in [4.69, 9.17) is 22.9 Å². The molecule has 0 unspecified atom stereocenters. The number of benzene rings is 1. The highest BCUT2D eigenvalue weighted by molar-refractivity contribution is 6.01. The van der Waals surface area contributed by atoms with Crippen molar-refractivity contribution in [1.29, 1.82) is 0 Å². The molecule has 0 aliphatic heterocycles. The van der Waals surface area contributed by atoms with Gasteiger partial charge in [0, 0.05) is 6.42 Å². The van der Waals surface area contributed by atoms with Crippen molar-refractivity contribution in [3.05, 3.63) is 35.9 Å². The van der Waals surface area contributed by atoms with Crippen molar-refractivity contribution in [2.24, 2.45) is 40.7 Å². The Labute approximate surface area is 475 Å². The molecule has 0 bridgehead atoms. The first kappa shape index (κ1) is 71.7. The van der Waals surface area contributed by atoms with E-state index in [1.54, 1.807) is 71.9 Å². The largest absolute Gasteiger partial charge is 0.481 e. The Hall–Kier alpha value is -8.28. The summed E-state index contributed by atoms with van der Waals surface area (Å²) in [5.74, 6) is -16.7. The van der Waals surface area contributed by atoms with Crippen LogP contribution in [0.4, 0.5) is 0 Å². The lowest BCUT2D eigenvalue weighted by molar-refractivity contribution is -0.143. The average Bonchev–Trinajstić information content (AvgIpc) is 3.39. The summed E-state index contributed by atoms with van der Waals surface area (Å²) in [6, 6.07) is -7.05. The number of nitrogens with one attached hydrogen (secondary N) is 10. The number of primary amides is 2. The first-order valence-corrected chi connectivity index (χ1v) is 26.8. The van der Waals surface area contributed by atoms with Gasteiger partial charge in [-0.2, -0.15) is 0 Å². The third-order valence-corrected chi connectivity index (χ3v) is 12.6. The smallest absolute Gasteiger partial charge is 0.326 e. The summed E-state index contributed by atoms with van der Waals surface area (Å²) in [6.07, 6.45) is -2.16. The molecule has 0 aromatic heterocycles. The Morgan fingerprint density at radius 3 is 1.43 bits per heavy atom.